The second kappa shape index (κ2) is 10.5. The van der Waals surface area contributed by atoms with E-state index in [1.807, 2.05) is 0 Å². The van der Waals surface area contributed by atoms with Gasteiger partial charge in [-0.2, -0.15) is 0 Å². The molecule has 0 radical (unpaired) electrons. The van der Waals surface area contributed by atoms with Crippen LogP contribution in [0.25, 0.3) is 11.0 Å². The molecule has 0 unspecified atom stereocenters. The van der Waals surface area contributed by atoms with Crippen molar-refractivity contribution in [3.8, 4) is 5.75 Å². The van der Waals surface area contributed by atoms with Gasteiger partial charge in [-0.3, -0.25) is 9.59 Å². The first kappa shape index (κ1) is 24.3. The van der Waals surface area contributed by atoms with Crippen LogP contribution in [-0.2, 0) is 27.3 Å². The van der Waals surface area contributed by atoms with Crippen molar-refractivity contribution >= 4 is 34.4 Å². The lowest BCUT2D eigenvalue weighted by molar-refractivity contribution is -0.151. The van der Waals surface area contributed by atoms with Crippen molar-refractivity contribution in [3.63, 3.8) is 0 Å². The average Bonchev–Trinajstić information content (AvgIpc) is 2.79. The summed E-state index contributed by atoms with van der Waals surface area (Å²) in [6.07, 6.45) is -0.00672. The maximum Gasteiger partial charge on any atom is 0.339 e. The molecule has 0 aliphatic heterocycles. The second-order valence-corrected chi connectivity index (χ2v) is 7.87. The molecule has 33 heavy (non-hydrogen) atoms. The molecule has 0 bridgehead atoms. The zero-order valence-electron chi connectivity index (χ0n) is 18.4. The van der Waals surface area contributed by atoms with Gasteiger partial charge in [0.25, 0.3) is 5.91 Å². The van der Waals surface area contributed by atoms with Crippen molar-refractivity contribution in [1.82, 2.24) is 4.90 Å². The van der Waals surface area contributed by atoms with Crippen molar-refractivity contribution in [2.75, 3.05) is 20.8 Å². The minimum atomic E-state index is -0.644. The fourth-order valence-electron chi connectivity index (χ4n) is 3.35. The number of amides is 1. The number of benzene rings is 2. The van der Waals surface area contributed by atoms with Gasteiger partial charge < -0.3 is 18.8 Å². The molecule has 174 valence electrons. The summed E-state index contributed by atoms with van der Waals surface area (Å²) in [7, 11) is 2.97. The van der Waals surface area contributed by atoms with E-state index in [9.17, 15) is 18.8 Å². The van der Waals surface area contributed by atoms with E-state index in [-0.39, 0.29) is 30.0 Å². The fraction of sp³-hybridized carbons (Fsp3) is 0.292. The molecule has 2 aromatic carbocycles. The van der Waals surface area contributed by atoms with Crippen LogP contribution in [0.15, 0.2) is 45.6 Å². The summed E-state index contributed by atoms with van der Waals surface area (Å²) in [6, 6.07) is 9.41. The topological polar surface area (TPSA) is 86.0 Å². The van der Waals surface area contributed by atoms with Crippen LogP contribution in [0, 0.1) is 12.7 Å². The summed E-state index contributed by atoms with van der Waals surface area (Å²) in [4.78, 5) is 38.0. The number of methoxy groups -OCH3 is 1. The molecule has 0 atom stereocenters. The van der Waals surface area contributed by atoms with Crippen LogP contribution in [-0.4, -0.2) is 37.5 Å². The maximum atomic E-state index is 13.9. The molecule has 3 aromatic rings. The van der Waals surface area contributed by atoms with E-state index in [0.29, 0.717) is 22.5 Å². The zero-order chi connectivity index (χ0) is 24.1. The first-order valence-corrected chi connectivity index (χ1v) is 10.5. The van der Waals surface area contributed by atoms with E-state index < -0.39 is 29.9 Å². The van der Waals surface area contributed by atoms with E-state index >= 15 is 0 Å². The smallest absolute Gasteiger partial charge is 0.339 e. The molecule has 3 rings (SSSR count). The molecule has 9 heteroatoms. The Morgan fingerprint density at radius 1 is 1.18 bits per heavy atom. The third kappa shape index (κ3) is 5.70. The van der Waals surface area contributed by atoms with Crippen molar-refractivity contribution in [2.24, 2.45) is 0 Å². The second-order valence-electron chi connectivity index (χ2n) is 7.47. The number of aryl methyl sites for hydroxylation is 1. The number of hydrogen-bond acceptors (Lipinski definition) is 6. The molecule has 0 N–H and O–H groups in total. The number of carbonyl (C=O) groups is 2. The largest absolute Gasteiger partial charge is 0.497 e. The number of ether oxygens (including phenoxy) is 2. The Bertz CT molecular complexity index is 1240. The molecule has 0 aliphatic rings. The van der Waals surface area contributed by atoms with Crippen LogP contribution in [0.4, 0.5) is 4.39 Å². The Balaban J connectivity index is 1.57. The lowest BCUT2D eigenvalue weighted by Gasteiger charge is -2.18. The SMILES string of the molecule is COc1ccc2c(C)c(CCC(=O)OCC(=O)N(C)Cc3c(F)cccc3Cl)c(=O)oc2c1. The number of likely N-dealkylation sites (N-methyl/N-ethyl adjacent to an activating group) is 1. The minimum absolute atomic E-state index is 0.0655. The Kier molecular flexibility index (Phi) is 7.71. The van der Waals surface area contributed by atoms with Crippen LogP contribution in [0.3, 0.4) is 0 Å². The molecule has 1 aromatic heterocycles. The highest BCUT2D eigenvalue weighted by Crippen LogP contribution is 2.24. The Morgan fingerprint density at radius 2 is 1.94 bits per heavy atom. The van der Waals surface area contributed by atoms with Crippen LogP contribution in [0.2, 0.25) is 5.02 Å². The molecule has 0 saturated heterocycles. The summed E-state index contributed by atoms with van der Waals surface area (Å²) in [5.41, 5.74) is 1.10. The Labute approximate surface area is 194 Å². The van der Waals surface area contributed by atoms with E-state index in [0.717, 1.165) is 5.39 Å². The number of nitrogens with zero attached hydrogens (tertiary/aromatic N) is 1. The minimum Gasteiger partial charge on any atom is -0.497 e. The molecule has 1 amide bonds. The number of carbonyl (C=O) groups excluding carboxylic acids is 2. The predicted molar refractivity (Wildman–Crippen MR) is 121 cm³/mol. The van der Waals surface area contributed by atoms with Gasteiger partial charge >= 0.3 is 11.6 Å². The van der Waals surface area contributed by atoms with E-state index in [2.05, 4.69) is 0 Å². The van der Waals surface area contributed by atoms with Crippen LogP contribution in [0.1, 0.15) is 23.1 Å². The van der Waals surface area contributed by atoms with Gasteiger partial charge in [0.1, 0.15) is 17.1 Å². The molecular formula is C24H23ClFNO6. The van der Waals surface area contributed by atoms with Crippen molar-refractivity contribution < 1.29 is 27.9 Å². The van der Waals surface area contributed by atoms with Gasteiger partial charge in [0.2, 0.25) is 0 Å². The normalized spacial score (nSPS) is 10.8. The van der Waals surface area contributed by atoms with Gasteiger partial charge in [-0.1, -0.05) is 17.7 Å². The summed E-state index contributed by atoms with van der Waals surface area (Å²) >= 11 is 5.98. The van der Waals surface area contributed by atoms with Gasteiger partial charge in [-0.05, 0) is 43.2 Å². The highest BCUT2D eigenvalue weighted by Gasteiger charge is 2.18. The number of hydrogen-bond donors (Lipinski definition) is 0. The third-order valence-electron chi connectivity index (χ3n) is 5.31. The van der Waals surface area contributed by atoms with Crippen molar-refractivity contribution in [3.05, 3.63) is 74.3 Å². The quantitative estimate of drug-likeness (QED) is 0.361. The molecule has 0 spiro atoms. The zero-order valence-corrected chi connectivity index (χ0v) is 19.2. The first-order chi connectivity index (χ1) is 15.7. The molecule has 1 heterocycles. The Hall–Kier alpha value is -3.39. The fourth-order valence-corrected chi connectivity index (χ4v) is 3.57. The molecule has 7 nitrogen and oxygen atoms in total. The number of esters is 1. The average molecular weight is 476 g/mol. The highest BCUT2D eigenvalue weighted by molar-refractivity contribution is 6.31. The summed E-state index contributed by atoms with van der Waals surface area (Å²) in [6.45, 7) is 1.20. The van der Waals surface area contributed by atoms with Crippen LogP contribution >= 0.6 is 11.6 Å². The highest BCUT2D eigenvalue weighted by atomic mass is 35.5. The first-order valence-electron chi connectivity index (χ1n) is 10.1. The number of halogens is 2. The van der Waals surface area contributed by atoms with Gasteiger partial charge in [-0.25, -0.2) is 9.18 Å². The van der Waals surface area contributed by atoms with Crippen LogP contribution < -0.4 is 10.4 Å². The summed E-state index contributed by atoms with van der Waals surface area (Å²) < 4.78 is 29.4. The van der Waals surface area contributed by atoms with E-state index in [1.165, 1.54) is 37.3 Å². The monoisotopic (exact) mass is 475 g/mol. The van der Waals surface area contributed by atoms with Crippen molar-refractivity contribution in [2.45, 2.75) is 26.3 Å². The number of rotatable bonds is 8. The third-order valence-corrected chi connectivity index (χ3v) is 5.67. The van der Waals surface area contributed by atoms with Gasteiger partial charge in [0, 0.05) is 47.6 Å². The summed E-state index contributed by atoms with van der Waals surface area (Å²) in [5.74, 6) is -1.12. The lowest BCUT2D eigenvalue weighted by Crippen LogP contribution is -2.31. The van der Waals surface area contributed by atoms with Crippen LogP contribution in [0.5, 0.6) is 5.75 Å². The molecule has 0 aliphatic carbocycles. The van der Waals surface area contributed by atoms with E-state index in [4.69, 9.17) is 25.5 Å². The maximum absolute atomic E-state index is 13.9. The van der Waals surface area contributed by atoms with E-state index in [1.54, 1.807) is 25.1 Å². The predicted octanol–water partition coefficient (Wildman–Crippen LogP) is 4.04. The van der Waals surface area contributed by atoms with Gasteiger partial charge in [0.05, 0.1) is 7.11 Å². The lowest BCUT2D eigenvalue weighted by atomic mass is 10.0. The van der Waals surface area contributed by atoms with Gasteiger partial charge in [-0.15, -0.1) is 0 Å². The summed E-state index contributed by atoms with van der Waals surface area (Å²) in [5, 5.41) is 0.942. The van der Waals surface area contributed by atoms with Crippen molar-refractivity contribution in [1.29, 1.82) is 0 Å². The standard InChI is InChI=1S/C24H23ClFNO6/c1-14-16-8-7-15(31-3)11-21(16)33-24(30)17(14)9-10-23(29)32-13-22(28)27(2)12-18-19(25)5-4-6-20(18)26/h4-8,11H,9-10,12-13H2,1-3H3. The Morgan fingerprint density at radius 3 is 2.64 bits per heavy atom. The number of fused-ring (bicyclic) bond motifs is 1. The molecular weight excluding hydrogens is 453 g/mol. The molecule has 0 saturated carbocycles. The molecule has 0 fully saturated rings. The van der Waals surface area contributed by atoms with Gasteiger partial charge in [0.15, 0.2) is 6.61 Å².